The molecule has 0 saturated carbocycles. The van der Waals surface area contributed by atoms with Gasteiger partial charge in [-0.05, 0) is 0 Å². The summed E-state index contributed by atoms with van der Waals surface area (Å²) < 4.78 is 0. The quantitative estimate of drug-likeness (QED) is 0.360. The minimum atomic E-state index is -1.50. The SMILES string of the molecule is O=[N+]([O-])O.[Cl][Ni].[Ni]. The number of halogens is 1. The van der Waals surface area contributed by atoms with Crippen LogP contribution in [0.15, 0.2) is 0 Å². The van der Waals surface area contributed by atoms with Crippen LogP contribution in [0.2, 0.25) is 0 Å². The molecule has 7 heavy (non-hydrogen) atoms. The van der Waals surface area contributed by atoms with Crippen LogP contribution in [0.5, 0.6) is 0 Å². The zero-order chi connectivity index (χ0) is 5.58. The molecule has 0 heterocycles. The predicted octanol–water partition coefficient (Wildman–Crippen LogP) is 0.337. The third kappa shape index (κ3) is 571. The van der Waals surface area contributed by atoms with Gasteiger partial charge in [-0.1, -0.05) is 0 Å². The molecule has 0 unspecified atom stereocenters. The Bertz CT molecular complexity index is 35.9. The second kappa shape index (κ2) is 16.1. The smallest absolute Gasteiger partial charge is 0 e. The van der Waals surface area contributed by atoms with Crippen LogP contribution in [0.3, 0.4) is 0 Å². The molecule has 0 aromatic heterocycles. The first-order valence-electron chi connectivity index (χ1n) is 0.685. The van der Waals surface area contributed by atoms with Crippen LogP contribution in [0.1, 0.15) is 0 Å². The van der Waals surface area contributed by atoms with E-state index in [9.17, 15) is 0 Å². The second-order valence-electron chi connectivity index (χ2n) is 0.238. The molecule has 0 aliphatic carbocycles. The first-order chi connectivity index (χ1) is 2.73. The van der Waals surface area contributed by atoms with E-state index in [1.165, 1.54) is 0 Å². The zero-order valence-corrected chi connectivity index (χ0v) is 5.45. The largest absolute Gasteiger partial charge is 0 e. The van der Waals surface area contributed by atoms with Gasteiger partial charge >= 0.3 is 24.8 Å². The Labute approximate surface area is 61.9 Å². The van der Waals surface area contributed by atoms with Crippen molar-refractivity contribution in [1.82, 2.24) is 0 Å². The van der Waals surface area contributed by atoms with Crippen LogP contribution in [-0.4, -0.2) is 10.3 Å². The molecule has 0 spiro atoms. The van der Waals surface area contributed by atoms with Gasteiger partial charge in [-0.2, -0.15) is 0 Å². The van der Waals surface area contributed by atoms with E-state index in [4.69, 9.17) is 15.3 Å². The molecule has 0 aromatic rings. The van der Waals surface area contributed by atoms with Crippen molar-refractivity contribution in [3.05, 3.63) is 10.1 Å². The Balaban J connectivity index is -0.0000000480. The molecule has 0 radical (unpaired) electrons. The van der Waals surface area contributed by atoms with Crippen LogP contribution >= 0.6 is 10.2 Å². The van der Waals surface area contributed by atoms with E-state index in [0.717, 1.165) is 0 Å². The Morgan fingerprint density at radius 2 is 1.71 bits per heavy atom. The number of rotatable bonds is 0. The molecule has 0 aromatic carbocycles. The number of nitrogens with zero attached hydrogens (tertiary/aromatic N) is 1. The summed E-state index contributed by atoms with van der Waals surface area (Å²) >= 11 is 3.35. The molecule has 0 amide bonds. The molecule has 0 aliphatic heterocycles. The van der Waals surface area contributed by atoms with E-state index in [0.29, 0.717) is 0 Å². The number of hydrogen-bond acceptors (Lipinski definition) is 2. The Hall–Kier alpha value is 0.477. The van der Waals surface area contributed by atoms with Gasteiger partial charge in [0, 0.05) is 16.5 Å². The first-order valence-corrected chi connectivity index (χ1v) is 2.04. The topological polar surface area (TPSA) is 63.4 Å². The zero-order valence-electron chi connectivity index (χ0n) is 2.72. The third-order valence-corrected chi connectivity index (χ3v) is 0. The van der Waals surface area contributed by atoms with Crippen molar-refractivity contribution in [2.24, 2.45) is 0 Å². The summed E-state index contributed by atoms with van der Waals surface area (Å²) in [5.74, 6) is 0. The van der Waals surface area contributed by atoms with Gasteiger partial charge in [-0.3, -0.25) is 0 Å². The number of hydrogen-bond donors (Lipinski definition) is 1. The van der Waals surface area contributed by atoms with Gasteiger partial charge in [0.25, 0.3) is 5.09 Å². The Morgan fingerprint density at radius 3 is 1.71 bits per heavy atom. The summed E-state index contributed by atoms with van der Waals surface area (Å²) in [5, 5.41) is 13.6. The van der Waals surface area contributed by atoms with Crippen molar-refractivity contribution in [2.45, 2.75) is 0 Å². The van der Waals surface area contributed by atoms with Crippen molar-refractivity contribution in [2.75, 3.05) is 0 Å². The summed E-state index contributed by atoms with van der Waals surface area (Å²) in [7, 11) is 4.26. The molecule has 0 rings (SSSR count). The monoisotopic (exact) mass is 214 g/mol. The van der Waals surface area contributed by atoms with Crippen molar-refractivity contribution in [1.29, 1.82) is 0 Å². The van der Waals surface area contributed by atoms with Crippen LogP contribution in [0.4, 0.5) is 0 Å². The van der Waals surface area contributed by atoms with E-state index in [2.05, 4.69) is 24.8 Å². The molecule has 1 N–H and O–H groups in total. The van der Waals surface area contributed by atoms with Crippen molar-refractivity contribution in [3.8, 4) is 0 Å². The van der Waals surface area contributed by atoms with Crippen LogP contribution < -0.4 is 0 Å². The standard InChI is InChI=1S/ClH.HNO3.2Ni/c;2-1(3)4;;/h1H;(H,2,3,4);;/q;;;+1/p-1. The summed E-state index contributed by atoms with van der Waals surface area (Å²) in [6, 6.07) is 0. The van der Waals surface area contributed by atoms with Crippen LogP contribution in [0, 0.1) is 10.1 Å². The molecule has 0 saturated heterocycles. The van der Waals surface area contributed by atoms with Gasteiger partial charge in [0.2, 0.25) is 0 Å². The van der Waals surface area contributed by atoms with Gasteiger partial charge in [-0.15, -0.1) is 10.1 Å². The molecular formula is HClNNi2O3. The average Bonchev–Trinajstić information content (AvgIpc) is 1.41. The third-order valence-electron chi connectivity index (χ3n) is 0. The van der Waals surface area contributed by atoms with Crippen molar-refractivity contribution in [3.63, 3.8) is 0 Å². The van der Waals surface area contributed by atoms with E-state index in [1.807, 2.05) is 0 Å². The summed E-state index contributed by atoms with van der Waals surface area (Å²) in [6.07, 6.45) is 0. The normalized spacial score (nSPS) is 4.43. The second-order valence-corrected chi connectivity index (χ2v) is 0.238. The van der Waals surface area contributed by atoms with Crippen LogP contribution in [-0.2, 0) is 31.1 Å². The van der Waals surface area contributed by atoms with Gasteiger partial charge in [-0.25, -0.2) is 0 Å². The molecule has 0 atom stereocenters. The predicted molar refractivity (Wildman–Crippen MR) is 14.6 cm³/mol. The minimum Gasteiger partial charge on any atom is 0 e. The molecule has 7 heteroatoms. The summed E-state index contributed by atoms with van der Waals surface area (Å²) in [5.41, 5.74) is 0. The van der Waals surface area contributed by atoms with Crippen molar-refractivity contribution >= 4 is 10.2 Å². The first kappa shape index (κ1) is 15.6. The average molecular weight is 216 g/mol. The molecule has 51 valence electrons. The molecule has 0 fully saturated rings. The van der Waals surface area contributed by atoms with Gasteiger partial charge in [0.05, 0.1) is 0 Å². The maximum absolute atomic E-state index is 8.36. The van der Waals surface area contributed by atoms with Gasteiger partial charge < -0.3 is 5.21 Å². The summed E-state index contributed by atoms with van der Waals surface area (Å²) in [4.78, 5) is 8.36. The molecule has 0 aliphatic rings. The van der Waals surface area contributed by atoms with E-state index in [-0.39, 0.29) is 16.5 Å². The van der Waals surface area contributed by atoms with Gasteiger partial charge in [0.1, 0.15) is 0 Å². The fourth-order valence-electron chi connectivity index (χ4n) is 0. The van der Waals surface area contributed by atoms with Gasteiger partial charge in [0.15, 0.2) is 0 Å². The van der Waals surface area contributed by atoms with Crippen LogP contribution in [0.25, 0.3) is 0 Å². The minimum absolute atomic E-state index is 0. The Kier molecular flexibility index (Phi) is 35.9. The molecule has 0 bridgehead atoms. The maximum atomic E-state index is 8.36. The fourth-order valence-corrected chi connectivity index (χ4v) is 0. The van der Waals surface area contributed by atoms with E-state index >= 15 is 0 Å². The molecule has 4 nitrogen and oxygen atoms in total. The summed E-state index contributed by atoms with van der Waals surface area (Å²) in [6.45, 7) is 0. The molecular weight excluding hydrogens is 215 g/mol. The van der Waals surface area contributed by atoms with E-state index < -0.39 is 5.09 Å². The fraction of sp³-hybridized carbons (Fsp3) is 0. The van der Waals surface area contributed by atoms with E-state index in [1.54, 1.807) is 0 Å². The Morgan fingerprint density at radius 1 is 1.71 bits per heavy atom. The van der Waals surface area contributed by atoms with Crippen molar-refractivity contribution < 1.29 is 41.4 Å². The maximum Gasteiger partial charge on any atom is 0 e.